The molecule has 28 heavy (non-hydrogen) atoms. The predicted octanol–water partition coefficient (Wildman–Crippen LogP) is 3.28. The van der Waals surface area contributed by atoms with E-state index in [1.165, 1.54) is 19.1 Å². The van der Waals surface area contributed by atoms with Gasteiger partial charge in [0.2, 0.25) is 0 Å². The van der Waals surface area contributed by atoms with Crippen molar-refractivity contribution < 1.29 is 19.2 Å². The molecule has 0 spiro atoms. The third-order valence-corrected chi connectivity index (χ3v) is 3.96. The lowest BCUT2D eigenvalue weighted by atomic mass is 10.1. The first-order valence-corrected chi connectivity index (χ1v) is 8.97. The number of nitro groups is 1. The molecule has 2 rings (SSSR count). The van der Waals surface area contributed by atoms with E-state index in [9.17, 15) is 19.7 Å². The summed E-state index contributed by atoms with van der Waals surface area (Å²) in [6, 6.07) is 13.5. The standard InChI is InChI=1S/C20H23N3O5/c1-3-11-21-19(24)14(2)28-20(25)16-9-10-17(18(12-16)23(26)27)22-13-15-7-5-4-6-8-15/h4-10,12,14,22H,3,11,13H2,1-2H3,(H,21,24)/t14-/m1/s1. The van der Waals surface area contributed by atoms with Gasteiger partial charge in [-0.15, -0.1) is 0 Å². The number of anilines is 1. The Bertz CT molecular complexity index is 839. The third kappa shape index (κ3) is 5.80. The number of benzene rings is 2. The van der Waals surface area contributed by atoms with Crippen molar-refractivity contribution in [2.24, 2.45) is 0 Å². The van der Waals surface area contributed by atoms with E-state index < -0.39 is 22.9 Å². The van der Waals surface area contributed by atoms with Gasteiger partial charge in [-0.05, 0) is 31.0 Å². The summed E-state index contributed by atoms with van der Waals surface area (Å²) in [6.07, 6.45) is -0.232. The van der Waals surface area contributed by atoms with Crippen molar-refractivity contribution in [1.29, 1.82) is 0 Å². The van der Waals surface area contributed by atoms with E-state index in [0.29, 0.717) is 18.8 Å². The van der Waals surface area contributed by atoms with Gasteiger partial charge in [0.1, 0.15) is 5.69 Å². The zero-order chi connectivity index (χ0) is 20.5. The van der Waals surface area contributed by atoms with Crippen LogP contribution in [0.2, 0.25) is 0 Å². The smallest absolute Gasteiger partial charge is 0.339 e. The zero-order valence-electron chi connectivity index (χ0n) is 15.8. The van der Waals surface area contributed by atoms with E-state index in [-0.39, 0.29) is 11.3 Å². The van der Waals surface area contributed by atoms with Crippen molar-refractivity contribution in [3.63, 3.8) is 0 Å². The minimum Gasteiger partial charge on any atom is -0.449 e. The largest absolute Gasteiger partial charge is 0.449 e. The molecule has 2 aromatic carbocycles. The van der Waals surface area contributed by atoms with Crippen molar-refractivity contribution in [3.8, 4) is 0 Å². The van der Waals surface area contributed by atoms with Gasteiger partial charge < -0.3 is 15.4 Å². The van der Waals surface area contributed by atoms with E-state index in [1.54, 1.807) is 0 Å². The van der Waals surface area contributed by atoms with Crippen molar-refractivity contribution in [3.05, 3.63) is 69.8 Å². The van der Waals surface area contributed by atoms with Crippen molar-refractivity contribution in [2.75, 3.05) is 11.9 Å². The van der Waals surface area contributed by atoms with Crippen LogP contribution in [0.25, 0.3) is 0 Å². The second-order valence-corrected chi connectivity index (χ2v) is 6.17. The Labute approximate surface area is 163 Å². The Hall–Kier alpha value is -3.42. The van der Waals surface area contributed by atoms with Gasteiger partial charge in [0.25, 0.3) is 11.6 Å². The molecule has 148 valence electrons. The van der Waals surface area contributed by atoms with Crippen LogP contribution >= 0.6 is 0 Å². The highest BCUT2D eigenvalue weighted by atomic mass is 16.6. The number of esters is 1. The Morgan fingerprint density at radius 3 is 2.54 bits per heavy atom. The maximum Gasteiger partial charge on any atom is 0.339 e. The molecule has 0 bridgehead atoms. The van der Waals surface area contributed by atoms with E-state index >= 15 is 0 Å². The molecule has 0 aliphatic carbocycles. The van der Waals surface area contributed by atoms with Crippen LogP contribution in [-0.2, 0) is 16.1 Å². The number of carbonyl (C=O) groups is 2. The van der Waals surface area contributed by atoms with E-state index in [4.69, 9.17) is 4.74 Å². The molecule has 0 saturated heterocycles. The summed E-state index contributed by atoms with van der Waals surface area (Å²) in [5.41, 5.74) is 1.02. The van der Waals surface area contributed by atoms with E-state index in [1.807, 2.05) is 37.3 Å². The molecule has 2 aromatic rings. The molecule has 0 unspecified atom stereocenters. The lowest BCUT2D eigenvalue weighted by Crippen LogP contribution is -2.36. The topological polar surface area (TPSA) is 111 Å². The number of hydrogen-bond donors (Lipinski definition) is 2. The van der Waals surface area contributed by atoms with Crippen molar-refractivity contribution >= 4 is 23.3 Å². The molecule has 0 aromatic heterocycles. The highest BCUT2D eigenvalue weighted by molar-refractivity contribution is 5.93. The molecule has 8 nitrogen and oxygen atoms in total. The fourth-order valence-electron chi connectivity index (χ4n) is 2.43. The zero-order valence-corrected chi connectivity index (χ0v) is 15.8. The van der Waals surface area contributed by atoms with Gasteiger partial charge in [0.05, 0.1) is 10.5 Å². The number of carbonyl (C=O) groups excluding carboxylic acids is 2. The molecule has 0 aliphatic heterocycles. The summed E-state index contributed by atoms with van der Waals surface area (Å²) < 4.78 is 5.11. The van der Waals surface area contributed by atoms with Gasteiger partial charge in [0.15, 0.2) is 6.10 Å². The van der Waals surface area contributed by atoms with Crippen LogP contribution in [0.4, 0.5) is 11.4 Å². The number of amides is 1. The summed E-state index contributed by atoms with van der Waals surface area (Å²) in [5.74, 6) is -1.21. The summed E-state index contributed by atoms with van der Waals surface area (Å²) in [6.45, 7) is 4.24. The van der Waals surface area contributed by atoms with Crippen LogP contribution in [-0.4, -0.2) is 29.4 Å². The number of nitrogens with one attached hydrogen (secondary N) is 2. The Kier molecular flexibility index (Phi) is 7.50. The molecular weight excluding hydrogens is 362 g/mol. The number of nitrogens with zero attached hydrogens (tertiary/aromatic N) is 1. The summed E-state index contributed by atoms with van der Waals surface area (Å²) in [5, 5.41) is 17.0. The molecule has 1 amide bonds. The lowest BCUT2D eigenvalue weighted by molar-refractivity contribution is -0.384. The van der Waals surface area contributed by atoms with Crippen LogP contribution in [0.1, 0.15) is 36.2 Å². The fraction of sp³-hybridized carbons (Fsp3) is 0.300. The van der Waals surface area contributed by atoms with Gasteiger partial charge in [-0.25, -0.2) is 4.79 Å². The number of rotatable bonds is 9. The van der Waals surface area contributed by atoms with Gasteiger partial charge in [-0.3, -0.25) is 14.9 Å². The summed E-state index contributed by atoms with van der Waals surface area (Å²) in [4.78, 5) is 34.9. The van der Waals surface area contributed by atoms with Crippen LogP contribution in [0.15, 0.2) is 48.5 Å². The second kappa shape index (κ2) is 10.1. The minimum atomic E-state index is -0.992. The van der Waals surface area contributed by atoms with Gasteiger partial charge in [-0.2, -0.15) is 0 Å². The van der Waals surface area contributed by atoms with Crippen LogP contribution in [0.3, 0.4) is 0 Å². The molecule has 0 heterocycles. The average molecular weight is 385 g/mol. The van der Waals surface area contributed by atoms with Crippen molar-refractivity contribution in [1.82, 2.24) is 5.32 Å². The molecular formula is C20H23N3O5. The van der Waals surface area contributed by atoms with Crippen LogP contribution in [0, 0.1) is 10.1 Å². The third-order valence-electron chi connectivity index (χ3n) is 3.96. The second-order valence-electron chi connectivity index (χ2n) is 6.17. The molecule has 2 N–H and O–H groups in total. The first-order valence-electron chi connectivity index (χ1n) is 8.97. The molecule has 0 aliphatic rings. The molecule has 0 saturated carbocycles. The highest BCUT2D eigenvalue weighted by Gasteiger charge is 2.22. The Balaban J connectivity index is 2.09. The SMILES string of the molecule is CCCNC(=O)[C@@H](C)OC(=O)c1ccc(NCc2ccccc2)c([N+](=O)[O-])c1. The number of nitro benzene ring substituents is 1. The average Bonchev–Trinajstić information content (AvgIpc) is 2.70. The highest BCUT2D eigenvalue weighted by Crippen LogP contribution is 2.26. The van der Waals surface area contributed by atoms with E-state index in [2.05, 4.69) is 10.6 Å². The van der Waals surface area contributed by atoms with Crippen molar-refractivity contribution in [2.45, 2.75) is 32.9 Å². The lowest BCUT2D eigenvalue weighted by Gasteiger charge is -2.13. The Morgan fingerprint density at radius 2 is 1.89 bits per heavy atom. The van der Waals surface area contributed by atoms with E-state index in [0.717, 1.165) is 18.1 Å². The first-order chi connectivity index (χ1) is 13.4. The minimum absolute atomic E-state index is 0.00658. The maximum atomic E-state index is 12.3. The van der Waals surface area contributed by atoms with Gasteiger partial charge >= 0.3 is 5.97 Å². The number of hydrogen-bond acceptors (Lipinski definition) is 6. The molecule has 0 fully saturated rings. The van der Waals surface area contributed by atoms with Gasteiger partial charge in [0, 0.05) is 19.2 Å². The molecule has 0 radical (unpaired) electrons. The normalized spacial score (nSPS) is 11.4. The molecule has 8 heteroatoms. The first kappa shape index (κ1) is 20.9. The summed E-state index contributed by atoms with van der Waals surface area (Å²) >= 11 is 0. The molecule has 1 atom stereocenters. The van der Waals surface area contributed by atoms with Crippen LogP contribution < -0.4 is 10.6 Å². The Morgan fingerprint density at radius 1 is 1.18 bits per heavy atom. The predicted molar refractivity (Wildman–Crippen MR) is 105 cm³/mol. The maximum absolute atomic E-state index is 12.3. The fourth-order valence-corrected chi connectivity index (χ4v) is 2.43. The monoisotopic (exact) mass is 385 g/mol. The van der Waals surface area contributed by atoms with Gasteiger partial charge in [-0.1, -0.05) is 37.3 Å². The van der Waals surface area contributed by atoms with Crippen LogP contribution in [0.5, 0.6) is 0 Å². The number of ether oxygens (including phenoxy) is 1. The summed E-state index contributed by atoms with van der Waals surface area (Å²) in [7, 11) is 0. The quantitative estimate of drug-likeness (QED) is 0.389.